The molecule has 0 aliphatic heterocycles. The molecule has 0 saturated carbocycles. The molecule has 1 N–H and O–H groups in total. The van der Waals surface area contributed by atoms with Crippen LogP contribution < -0.4 is 5.43 Å². The highest BCUT2D eigenvalue weighted by Gasteiger charge is 2.20. The van der Waals surface area contributed by atoms with E-state index in [1.54, 1.807) is 24.5 Å². The number of nitrogens with one attached hydrogen (secondary N) is 1. The lowest BCUT2D eigenvalue weighted by molar-refractivity contribution is -0.384. The average molecular weight is 364 g/mol. The van der Waals surface area contributed by atoms with E-state index >= 15 is 0 Å². The van der Waals surface area contributed by atoms with Crippen molar-refractivity contribution in [3.05, 3.63) is 76.1 Å². The highest BCUT2D eigenvalue weighted by Crippen LogP contribution is 2.23. The standard InChI is InChI=1S/C19H20N6O2/c1-19(2,3)18-13-21-23-24(18)16-8-4-14(5-9-16)12-20-22-15-6-10-17(11-7-15)25(26)27/h4-13,22H,1-3H3/b20-12-. The van der Waals surface area contributed by atoms with Crippen molar-refractivity contribution in [2.75, 3.05) is 5.43 Å². The average Bonchev–Trinajstić information content (AvgIpc) is 3.13. The number of hydrazone groups is 1. The van der Waals surface area contributed by atoms with E-state index in [2.05, 4.69) is 41.6 Å². The molecule has 0 radical (unpaired) electrons. The lowest BCUT2D eigenvalue weighted by Gasteiger charge is -2.19. The lowest BCUT2D eigenvalue weighted by atomic mass is 9.92. The molecular formula is C19H20N6O2. The number of anilines is 1. The van der Waals surface area contributed by atoms with Crippen LogP contribution in [0.15, 0.2) is 59.8 Å². The second-order valence-corrected chi connectivity index (χ2v) is 7.05. The van der Waals surface area contributed by atoms with Crippen LogP contribution in [0.3, 0.4) is 0 Å². The number of hydrogen-bond donors (Lipinski definition) is 1. The maximum Gasteiger partial charge on any atom is 0.269 e. The van der Waals surface area contributed by atoms with E-state index in [0.717, 1.165) is 16.9 Å². The molecule has 27 heavy (non-hydrogen) atoms. The van der Waals surface area contributed by atoms with Crippen molar-refractivity contribution in [1.29, 1.82) is 0 Å². The number of non-ortho nitro benzene ring substituents is 1. The van der Waals surface area contributed by atoms with Gasteiger partial charge < -0.3 is 0 Å². The van der Waals surface area contributed by atoms with Crippen molar-refractivity contribution in [2.45, 2.75) is 26.2 Å². The fourth-order valence-corrected chi connectivity index (χ4v) is 2.48. The van der Waals surface area contributed by atoms with E-state index in [1.165, 1.54) is 12.1 Å². The van der Waals surface area contributed by atoms with Gasteiger partial charge in [-0.15, -0.1) is 5.10 Å². The van der Waals surface area contributed by atoms with E-state index in [1.807, 2.05) is 28.9 Å². The SMILES string of the molecule is CC(C)(C)c1cnnn1-c1ccc(/C=N\Nc2ccc([N+](=O)[O-])cc2)cc1. The van der Waals surface area contributed by atoms with Gasteiger partial charge in [-0.2, -0.15) is 5.10 Å². The molecule has 0 spiro atoms. The summed E-state index contributed by atoms with van der Waals surface area (Å²) < 4.78 is 1.83. The molecule has 1 heterocycles. The van der Waals surface area contributed by atoms with Crippen molar-refractivity contribution >= 4 is 17.6 Å². The van der Waals surface area contributed by atoms with Crippen LogP contribution in [0.2, 0.25) is 0 Å². The monoisotopic (exact) mass is 364 g/mol. The van der Waals surface area contributed by atoms with Gasteiger partial charge in [0, 0.05) is 17.5 Å². The van der Waals surface area contributed by atoms with E-state index in [4.69, 9.17) is 0 Å². The zero-order valence-corrected chi connectivity index (χ0v) is 15.3. The summed E-state index contributed by atoms with van der Waals surface area (Å²) in [5, 5.41) is 23.0. The van der Waals surface area contributed by atoms with Crippen molar-refractivity contribution in [1.82, 2.24) is 15.0 Å². The molecule has 3 rings (SSSR count). The fourth-order valence-electron chi connectivity index (χ4n) is 2.48. The topological polar surface area (TPSA) is 98.2 Å². The van der Waals surface area contributed by atoms with Crippen molar-refractivity contribution in [3.8, 4) is 5.69 Å². The van der Waals surface area contributed by atoms with Gasteiger partial charge in [0.1, 0.15) is 0 Å². The quantitative estimate of drug-likeness (QED) is 0.420. The first-order valence-corrected chi connectivity index (χ1v) is 8.40. The van der Waals surface area contributed by atoms with Crippen LogP contribution in [0, 0.1) is 10.1 Å². The van der Waals surface area contributed by atoms with Gasteiger partial charge >= 0.3 is 0 Å². The first-order chi connectivity index (χ1) is 12.8. The molecule has 0 amide bonds. The summed E-state index contributed by atoms with van der Waals surface area (Å²) in [6.45, 7) is 6.35. The molecule has 1 aromatic heterocycles. The Hall–Kier alpha value is -3.55. The van der Waals surface area contributed by atoms with Crippen LogP contribution in [0.25, 0.3) is 5.69 Å². The van der Waals surface area contributed by atoms with Gasteiger partial charge in [0.05, 0.1) is 34.4 Å². The third-order valence-electron chi connectivity index (χ3n) is 3.94. The number of nitrogens with zero attached hydrogens (tertiary/aromatic N) is 5. The maximum absolute atomic E-state index is 10.6. The molecule has 0 unspecified atom stereocenters. The van der Waals surface area contributed by atoms with E-state index < -0.39 is 4.92 Å². The normalized spacial score (nSPS) is 11.7. The van der Waals surface area contributed by atoms with Crippen LogP contribution in [0.5, 0.6) is 0 Å². The predicted molar refractivity (Wildman–Crippen MR) is 104 cm³/mol. The molecule has 8 nitrogen and oxygen atoms in total. The molecule has 0 aliphatic rings. The second-order valence-electron chi connectivity index (χ2n) is 7.05. The Morgan fingerprint density at radius 1 is 1.11 bits per heavy atom. The Balaban J connectivity index is 1.68. The van der Waals surface area contributed by atoms with Crippen LogP contribution >= 0.6 is 0 Å². The van der Waals surface area contributed by atoms with Crippen molar-refractivity contribution in [2.24, 2.45) is 5.10 Å². The lowest BCUT2D eigenvalue weighted by Crippen LogP contribution is -2.17. The van der Waals surface area contributed by atoms with Crippen LogP contribution in [-0.4, -0.2) is 26.1 Å². The summed E-state index contributed by atoms with van der Waals surface area (Å²) in [6.07, 6.45) is 3.46. The van der Waals surface area contributed by atoms with Gasteiger partial charge in [0.15, 0.2) is 0 Å². The minimum Gasteiger partial charge on any atom is -0.278 e. The Labute approximate surface area is 156 Å². The number of benzene rings is 2. The molecule has 0 saturated heterocycles. The molecule has 0 atom stereocenters. The van der Waals surface area contributed by atoms with Crippen molar-refractivity contribution < 1.29 is 4.92 Å². The summed E-state index contributed by atoms with van der Waals surface area (Å²) in [6, 6.07) is 13.9. The Morgan fingerprint density at radius 2 is 1.78 bits per heavy atom. The number of rotatable bonds is 5. The summed E-state index contributed by atoms with van der Waals surface area (Å²) in [4.78, 5) is 10.2. The predicted octanol–water partition coefficient (Wildman–Crippen LogP) is 3.92. The third kappa shape index (κ3) is 4.35. The van der Waals surface area contributed by atoms with Crippen LogP contribution in [0.4, 0.5) is 11.4 Å². The molecule has 138 valence electrons. The smallest absolute Gasteiger partial charge is 0.269 e. The Kier molecular flexibility index (Phi) is 4.98. The van der Waals surface area contributed by atoms with Gasteiger partial charge in [-0.05, 0) is 29.8 Å². The van der Waals surface area contributed by atoms with Gasteiger partial charge in [-0.1, -0.05) is 38.1 Å². The van der Waals surface area contributed by atoms with Crippen LogP contribution in [0.1, 0.15) is 32.0 Å². The minimum atomic E-state index is -0.436. The Bertz CT molecular complexity index is 953. The van der Waals surface area contributed by atoms with Gasteiger partial charge in [0.25, 0.3) is 5.69 Å². The molecule has 3 aromatic rings. The molecule has 0 aliphatic carbocycles. The number of aromatic nitrogens is 3. The number of nitro benzene ring substituents is 1. The molecule has 2 aromatic carbocycles. The second kappa shape index (κ2) is 7.36. The summed E-state index contributed by atoms with van der Waals surface area (Å²) in [7, 11) is 0. The summed E-state index contributed by atoms with van der Waals surface area (Å²) in [5.41, 5.74) is 6.38. The minimum absolute atomic E-state index is 0.0443. The van der Waals surface area contributed by atoms with Crippen LogP contribution in [-0.2, 0) is 5.41 Å². The van der Waals surface area contributed by atoms with Gasteiger partial charge in [-0.25, -0.2) is 4.68 Å². The number of hydrogen-bond acceptors (Lipinski definition) is 6. The summed E-state index contributed by atoms with van der Waals surface area (Å²) in [5.74, 6) is 0. The highest BCUT2D eigenvalue weighted by atomic mass is 16.6. The molecule has 0 fully saturated rings. The first-order valence-electron chi connectivity index (χ1n) is 8.40. The maximum atomic E-state index is 10.6. The highest BCUT2D eigenvalue weighted by molar-refractivity contribution is 5.80. The van der Waals surface area contributed by atoms with Gasteiger partial charge in [-0.3, -0.25) is 15.5 Å². The van der Waals surface area contributed by atoms with E-state index in [9.17, 15) is 10.1 Å². The van der Waals surface area contributed by atoms with E-state index in [0.29, 0.717) is 5.69 Å². The zero-order chi connectivity index (χ0) is 19.4. The molecular weight excluding hydrogens is 344 g/mol. The van der Waals surface area contributed by atoms with E-state index in [-0.39, 0.29) is 11.1 Å². The largest absolute Gasteiger partial charge is 0.278 e. The van der Waals surface area contributed by atoms with Crippen molar-refractivity contribution in [3.63, 3.8) is 0 Å². The van der Waals surface area contributed by atoms with Gasteiger partial charge in [0.2, 0.25) is 0 Å². The zero-order valence-electron chi connectivity index (χ0n) is 15.3. The number of nitro groups is 1. The molecule has 8 heteroatoms. The Morgan fingerprint density at radius 3 is 2.37 bits per heavy atom. The summed E-state index contributed by atoms with van der Waals surface area (Å²) >= 11 is 0. The first kappa shape index (κ1) is 18.2. The third-order valence-corrected chi connectivity index (χ3v) is 3.94. The molecule has 0 bridgehead atoms. The fraction of sp³-hybridized carbons (Fsp3) is 0.211.